The number of halogens is 3. The monoisotopic (exact) mass is 400 g/mol. The number of piperidine rings is 1. The molecule has 0 aromatic heterocycles. The van der Waals surface area contributed by atoms with E-state index in [2.05, 4.69) is 9.62 Å². The van der Waals surface area contributed by atoms with Crippen LogP contribution >= 0.6 is 11.6 Å². The van der Waals surface area contributed by atoms with Gasteiger partial charge in [-0.3, -0.25) is 4.90 Å². The Morgan fingerprint density at radius 2 is 1.69 bits per heavy atom. The zero-order valence-corrected chi connectivity index (χ0v) is 15.5. The van der Waals surface area contributed by atoms with Crippen molar-refractivity contribution in [3.05, 3.63) is 64.7 Å². The number of benzene rings is 2. The van der Waals surface area contributed by atoms with E-state index in [1.807, 2.05) is 24.3 Å². The molecule has 26 heavy (non-hydrogen) atoms. The van der Waals surface area contributed by atoms with Crippen LogP contribution in [-0.4, -0.2) is 32.4 Å². The van der Waals surface area contributed by atoms with Crippen LogP contribution in [0.1, 0.15) is 18.4 Å². The van der Waals surface area contributed by atoms with E-state index in [0.29, 0.717) is 23.9 Å². The average Bonchev–Trinajstić information content (AvgIpc) is 2.61. The highest BCUT2D eigenvalue weighted by atomic mass is 35.5. The van der Waals surface area contributed by atoms with Crippen molar-refractivity contribution in [2.75, 3.05) is 13.1 Å². The van der Waals surface area contributed by atoms with Gasteiger partial charge in [0, 0.05) is 30.7 Å². The molecule has 1 N–H and O–H groups in total. The fourth-order valence-corrected chi connectivity index (χ4v) is 4.43. The van der Waals surface area contributed by atoms with E-state index < -0.39 is 21.7 Å². The molecule has 0 spiro atoms. The summed E-state index contributed by atoms with van der Waals surface area (Å²) in [7, 11) is -3.87. The first-order valence-corrected chi connectivity index (χ1v) is 10.1. The van der Waals surface area contributed by atoms with Gasteiger partial charge in [0.1, 0.15) is 0 Å². The van der Waals surface area contributed by atoms with Crippen molar-refractivity contribution < 1.29 is 17.2 Å². The first kappa shape index (κ1) is 19.2. The van der Waals surface area contributed by atoms with Crippen molar-refractivity contribution in [3.63, 3.8) is 0 Å². The Morgan fingerprint density at radius 1 is 1.04 bits per heavy atom. The molecule has 0 atom stereocenters. The predicted molar refractivity (Wildman–Crippen MR) is 96.4 cm³/mol. The molecule has 140 valence electrons. The van der Waals surface area contributed by atoms with Gasteiger partial charge in [-0.1, -0.05) is 23.7 Å². The Labute approximate surface area is 156 Å². The highest BCUT2D eigenvalue weighted by Gasteiger charge is 2.25. The van der Waals surface area contributed by atoms with Crippen LogP contribution in [0, 0.1) is 11.6 Å². The van der Waals surface area contributed by atoms with Crippen LogP contribution in [0.3, 0.4) is 0 Å². The van der Waals surface area contributed by atoms with Gasteiger partial charge in [-0.25, -0.2) is 21.9 Å². The normalized spacial score (nSPS) is 16.7. The maximum Gasteiger partial charge on any atom is 0.240 e. The second-order valence-corrected chi connectivity index (χ2v) is 8.52. The summed E-state index contributed by atoms with van der Waals surface area (Å²) in [5, 5.41) is 0.694. The molecule has 4 nitrogen and oxygen atoms in total. The van der Waals surface area contributed by atoms with Crippen molar-refractivity contribution in [2.45, 2.75) is 30.3 Å². The fraction of sp³-hybridized carbons (Fsp3) is 0.333. The lowest BCUT2D eigenvalue weighted by atomic mass is 10.1. The van der Waals surface area contributed by atoms with Crippen LogP contribution in [0.25, 0.3) is 0 Å². The minimum absolute atomic E-state index is 0.227. The van der Waals surface area contributed by atoms with Gasteiger partial charge in [-0.15, -0.1) is 0 Å². The Morgan fingerprint density at radius 3 is 2.31 bits per heavy atom. The molecule has 8 heteroatoms. The van der Waals surface area contributed by atoms with Gasteiger partial charge in [0.15, 0.2) is 11.6 Å². The van der Waals surface area contributed by atoms with E-state index >= 15 is 0 Å². The molecule has 0 aliphatic carbocycles. The van der Waals surface area contributed by atoms with Crippen LogP contribution in [0.2, 0.25) is 5.02 Å². The van der Waals surface area contributed by atoms with Gasteiger partial charge >= 0.3 is 0 Å². The van der Waals surface area contributed by atoms with E-state index in [-0.39, 0.29) is 10.9 Å². The van der Waals surface area contributed by atoms with Crippen LogP contribution in [0.15, 0.2) is 47.4 Å². The average molecular weight is 401 g/mol. The summed E-state index contributed by atoms with van der Waals surface area (Å²) < 4.78 is 53.5. The molecule has 0 radical (unpaired) electrons. The van der Waals surface area contributed by atoms with Crippen molar-refractivity contribution in [2.24, 2.45) is 0 Å². The summed E-state index contributed by atoms with van der Waals surface area (Å²) in [6, 6.07) is 10.00. The second kappa shape index (κ2) is 8.00. The van der Waals surface area contributed by atoms with Crippen LogP contribution < -0.4 is 4.72 Å². The van der Waals surface area contributed by atoms with E-state index in [1.165, 1.54) is 0 Å². The summed E-state index contributed by atoms with van der Waals surface area (Å²) in [5.74, 6) is -2.25. The zero-order valence-electron chi connectivity index (χ0n) is 14.0. The number of hydrogen-bond donors (Lipinski definition) is 1. The number of hydrogen-bond acceptors (Lipinski definition) is 3. The lowest BCUT2D eigenvalue weighted by Crippen LogP contribution is -2.44. The lowest BCUT2D eigenvalue weighted by Gasteiger charge is -2.32. The molecule has 2 aromatic rings. The van der Waals surface area contributed by atoms with E-state index in [9.17, 15) is 17.2 Å². The second-order valence-electron chi connectivity index (χ2n) is 6.37. The molecular weight excluding hydrogens is 382 g/mol. The SMILES string of the molecule is O=S(=O)(NC1CCN(Cc2ccc(Cl)cc2)CC1)c1ccc(F)c(F)c1. The van der Waals surface area contributed by atoms with Gasteiger partial charge in [-0.2, -0.15) is 0 Å². The number of rotatable bonds is 5. The highest BCUT2D eigenvalue weighted by Crippen LogP contribution is 2.19. The third-order valence-corrected chi connectivity index (χ3v) is 6.20. The van der Waals surface area contributed by atoms with Crippen molar-refractivity contribution in [3.8, 4) is 0 Å². The molecule has 0 unspecified atom stereocenters. The smallest absolute Gasteiger partial charge is 0.240 e. The summed E-state index contributed by atoms with van der Waals surface area (Å²) >= 11 is 5.88. The molecular formula is C18H19ClF2N2O2S. The predicted octanol–water partition coefficient (Wildman–Crippen LogP) is 3.56. The van der Waals surface area contributed by atoms with Crippen LogP contribution in [0.5, 0.6) is 0 Å². The molecule has 3 rings (SSSR count). The maximum absolute atomic E-state index is 13.3. The number of nitrogens with one attached hydrogen (secondary N) is 1. The van der Waals surface area contributed by atoms with Gasteiger partial charge in [0.2, 0.25) is 10.0 Å². The Balaban J connectivity index is 1.56. The van der Waals surface area contributed by atoms with Crippen LogP contribution in [0.4, 0.5) is 8.78 Å². The van der Waals surface area contributed by atoms with Gasteiger partial charge in [0.05, 0.1) is 4.90 Å². The van der Waals surface area contributed by atoms with Gasteiger partial charge in [-0.05, 0) is 48.7 Å². The molecule has 2 aromatic carbocycles. The van der Waals surface area contributed by atoms with E-state index in [1.54, 1.807) is 0 Å². The fourth-order valence-electron chi connectivity index (χ4n) is 2.99. The van der Waals surface area contributed by atoms with Crippen molar-refractivity contribution in [1.29, 1.82) is 0 Å². The standard InChI is InChI=1S/C18H19ClF2N2O2S/c19-14-3-1-13(2-4-14)12-23-9-7-15(8-10-23)22-26(24,25)16-5-6-17(20)18(21)11-16/h1-6,11,15,22H,7-10,12H2. The molecule has 0 amide bonds. The minimum Gasteiger partial charge on any atom is -0.299 e. The van der Waals surface area contributed by atoms with Gasteiger partial charge < -0.3 is 0 Å². The van der Waals surface area contributed by atoms with Gasteiger partial charge in [0.25, 0.3) is 0 Å². The molecule has 1 saturated heterocycles. The first-order valence-electron chi connectivity index (χ1n) is 8.28. The number of sulfonamides is 1. The Kier molecular flexibility index (Phi) is 5.92. The summed E-state index contributed by atoms with van der Waals surface area (Å²) in [4.78, 5) is 1.98. The summed E-state index contributed by atoms with van der Waals surface area (Å²) in [6.07, 6.45) is 1.30. The van der Waals surface area contributed by atoms with Crippen molar-refractivity contribution in [1.82, 2.24) is 9.62 Å². The van der Waals surface area contributed by atoms with Crippen molar-refractivity contribution >= 4 is 21.6 Å². The molecule has 0 saturated carbocycles. The number of nitrogens with zero attached hydrogens (tertiary/aromatic N) is 1. The maximum atomic E-state index is 13.3. The molecule has 1 heterocycles. The molecule has 1 aliphatic rings. The molecule has 0 bridgehead atoms. The largest absolute Gasteiger partial charge is 0.299 e. The quantitative estimate of drug-likeness (QED) is 0.834. The molecule has 1 aliphatic heterocycles. The van der Waals surface area contributed by atoms with E-state index in [4.69, 9.17) is 11.6 Å². The topological polar surface area (TPSA) is 49.4 Å². The summed E-state index contributed by atoms with van der Waals surface area (Å²) in [6.45, 7) is 2.26. The molecule has 1 fully saturated rings. The third-order valence-electron chi connectivity index (χ3n) is 4.43. The number of likely N-dealkylation sites (tertiary alicyclic amines) is 1. The Bertz CT molecular complexity index is 867. The first-order chi connectivity index (χ1) is 12.3. The zero-order chi connectivity index (χ0) is 18.7. The Hall–Kier alpha value is -1.54. The van der Waals surface area contributed by atoms with Crippen LogP contribution in [-0.2, 0) is 16.6 Å². The minimum atomic E-state index is -3.87. The third kappa shape index (κ3) is 4.79. The summed E-state index contributed by atoms with van der Waals surface area (Å²) in [5.41, 5.74) is 1.15. The van der Waals surface area contributed by atoms with E-state index in [0.717, 1.165) is 37.3 Å². The lowest BCUT2D eigenvalue weighted by molar-refractivity contribution is 0.200. The highest BCUT2D eigenvalue weighted by molar-refractivity contribution is 7.89.